The first-order valence-electron chi connectivity index (χ1n) is 5.91. The van der Waals surface area contributed by atoms with Crippen LogP contribution in [0.1, 0.15) is 18.9 Å². The number of rotatable bonds is 4. The van der Waals surface area contributed by atoms with E-state index in [1.165, 1.54) is 11.6 Å². The van der Waals surface area contributed by atoms with Crippen LogP contribution in [0.2, 0.25) is 5.02 Å². The molecule has 0 aliphatic rings. The average Bonchev–Trinajstić information content (AvgIpc) is 2.36. The van der Waals surface area contributed by atoms with Crippen molar-refractivity contribution in [2.24, 2.45) is 0 Å². The van der Waals surface area contributed by atoms with Gasteiger partial charge in [0, 0.05) is 0 Å². The van der Waals surface area contributed by atoms with Crippen molar-refractivity contribution in [1.82, 2.24) is 0 Å². The zero-order chi connectivity index (χ0) is 13.0. The van der Waals surface area contributed by atoms with Crippen LogP contribution in [0.3, 0.4) is 0 Å². The first-order chi connectivity index (χ1) is 8.70. The summed E-state index contributed by atoms with van der Waals surface area (Å²) in [6.45, 7) is 2.13. The van der Waals surface area contributed by atoms with Gasteiger partial charge in [0.05, 0.1) is 5.02 Å². The Balaban J connectivity index is 2.18. The molecule has 0 unspecified atom stereocenters. The largest absolute Gasteiger partial charge is 0.453 e. The van der Waals surface area contributed by atoms with E-state index in [0.717, 1.165) is 12.8 Å². The summed E-state index contributed by atoms with van der Waals surface area (Å²) in [5, 5.41) is 0.271. The van der Waals surface area contributed by atoms with Gasteiger partial charge in [0.15, 0.2) is 11.6 Å². The van der Waals surface area contributed by atoms with E-state index in [1.807, 2.05) is 24.3 Å². The number of benzene rings is 2. The minimum atomic E-state index is -0.458. The van der Waals surface area contributed by atoms with Crippen molar-refractivity contribution < 1.29 is 9.13 Å². The van der Waals surface area contributed by atoms with Crippen molar-refractivity contribution in [3.63, 3.8) is 0 Å². The van der Waals surface area contributed by atoms with Gasteiger partial charge in [0.2, 0.25) is 0 Å². The molecule has 2 aromatic carbocycles. The average molecular weight is 265 g/mol. The predicted octanol–water partition coefficient (Wildman–Crippen LogP) is 5.22. The molecule has 94 valence electrons. The third-order valence-corrected chi connectivity index (χ3v) is 2.90. The van der Waals surface area contributed by atoms with Gasteiger partial charge in [-0.15, -0.1) is 0 Å². The molecular formula is C15H14ClFO. The van der Waals surface area contributed by atoms with Gasteiger partial charge in [0.25, 0.3) is 0 Å². The first kappa shape index (κ1) is 12.9. The Labute approximate surface area is 111 Å². The molecule has 0 aliphatic carbocycles. The second-order valence-corrected chi connectivity index (χ2v) is 4.45. The number of hydrogen-bond donors (Lipinski definition) is 0. The second kappa shape index (κ2) is 5.87. The molecule has 1 nitrogen and oxygen atoms in total. The fourth-order valence-corrected chi connectivity index (χ4v) is 1.91. The van der Waals surface area contributed by atoms with Crippen molar-refractivity contribution >= 4 is 11.6 Å². The third kappa shape index (κ3) is 3.02. The van der Waals surface area contributed by atoms with Crippen molar-refractivity contribution in [3.05, 3.63) is 58.9 Å². The summed E-state index contributed by atoms with van der Waals surface area (Å²) in [6, 6.07) is 12.1. The van der Waals surface area contributed by atoms with E-state index in [1.54, 1.807) is 12.1 Å². The molecule has 0 fully saturated rings. The fraction of sp³-hybridized carbons (Fsp3) is 0.200. The summed E-state index contributed by atoms with van der Waals surface area (Å²) in [7, 11) is 0. The van der Waals surface area contributed by atoms with Gasteiger partial charge in [-0.3, -0.25) is 0 Å². The molecule has 2 rings (SSSR count). The van der Waals surface area contributed by atoms with Gasteiger partial charge in [-0.2, -0.15) is 0 Å². The summed E-state index contributed by atoms with van der Waals surface area (Å²) in [4.78, 5) is 0. The Morgan fingerprint density at radius 3 is 2.44 bits per heavy atom. The van der Waals surface area contributed by atoms with Gasteiger partial charge in [-0.05, 0) is 36.2 Å². The molecule has 0 spiro atoms. The highest BCUT2D eigenvalue weighted by atomic mass is 35.5. The molecule has 3 heteroatoms. The molecule has 0 heterocycles. The highest BCUT2D eigenvalue weighted by Gasteiger charge is 2.09. The van der Waals surface area contributed by atoms with Crippen LogP contribution in [-0.2, 0) is 6.42 Å². The molecule has 0 amide bonds. The molecule has 0 saturated heterocycles. The molecule has 0 atom stereocenters. The van der Waals surface area contributed by atoms with E-state index in [-0.39, 0.29) is 10.8 Å². The number of halogens is 2. The maximum atomic E-state index is 13.5. The van der Waals surface area contributed by atoms with Crippen LogP contribution in [0.4, 0.5) is 4.39 Å². The van der Waals surface area contributed by atoms with Crippen molar-refractivity contribution in [1.29, 1.82) is 0 Å². The Hall–Kier alpha value is -1.54. The standard InChI is InChI=1S/C15H14ClFO/c1-2-4-11-7-9-12(10-8-11)18-15-13(16)5-3-6-14(15)17/h3,5-10H,2,4H2,1H3. The monoisotopic (exact) mass is 264 g/mol. The molecular weight excluding hydrogens is 251 g/mol. The van der Waals surface area contributed by atoms with E-state index in [0.29, 0.717) is 5.75 Å². The lowest BCUT2D eigenvalue weighted by Gasteiger charge is -2.09. The van der Waals surface area contributed by atoms with Crippen molar-refractivity contribution in [3.8, 4) is 11.5 Å². The first-order valence-corrected chi connectivity index (χ1v) is 6.29. The van der Waals surface area contributed by atoms with Crippen LogP contribution < -0.4 is 4.74 Å². The lowest BCUT2D eigenvalue weighted by Crippen LogP contribution is -1.90. The number of aryl methyl sites for hydroxylation is 1. The smallest absolute Gasteiger partial charge is 0.181 e. The summed E-state index contributed by atoms with van der Waals surface area (Å²) < 4.78 is 19.0. The Kier molecular flexibility index (Phi) is 4.21. The second-order valence-electron chi connectivity index (χ2n) is 4.05. The normalized spacial score (nSPS) is 10.4. The summed E-state index contributed by atoms with van der Waals surface area (Å²) in [5.41, 5.74) is 1.24. The van der Waals surface area contributed by atoms with Crippen LogP contribution >= 0.6 is 11.6 Å². The van der Waals surface area contributed by atoms with Crippen molar-refractivity contribution in [2.75, 3.05) is 0 Å². The summed E-state index contributed by atoms with van der Waals surface area (Å²) >= 11 is 5.90. The van der Waals surface area contributed by atoms with Crippen LogP contribution in [0.25, 0.3) is 0 Å². The SMILES string of the molecule is CCCc1ccc(Oc2c(F)cccc2Cl)cc1. The van der Waals surface area contributed by atoms with E-state index >= 15 is 0 Å². The van der Waals surface area contributed by atoms with Gasteiger partial charge in [0.1, 0.15) is 5.75 Å². The Morgan fingerprint density at radius 2 is 1.83 bits per heavy atom. The molecule has 0 radical (unpaired) electrons. The van der Waals surface area contributed by atoms with Crippen molar-refractivity contribution in [2.45, 2.75) is 19.8 Å². The van der Waals surface area contributed by atoms with Gasteiger partial charge in [-0.25, -0.2) is 4.39 Å². The minimum absolute atomic E-state index is 0.0717. The molecule has 0 bridgehead atoms. The third-order valence-electron chi connectivity index (χ3n) is 2.60. The van der Waals surface area contributed by atoms with E-state index in [2.05, 4.69) is 6.92 Å². The predicted molar refractivity (Wildman–Crippen MR) is 71.9 cm³/mol. The van der Waals surface area contributed by atoms with Gasteiger partial charge in [-0.1, -0.05) is 43.1 Å². The molecule has 0 N–H and O–H groups in total. The van der Waals surface area contributed by atoms with Crippen LogP contribution in [0, 0.1) is 5.82 Å². The van der Waals surface area contributed by atoms with E-state index in [9.17, 15) is 4.39 Å². The minimum Gasteiger partial charge on any atom is -0.453 e. The number of ether oxygens (including phenoxy) is 1. The lowest BCUT2D eigenvalue weighted by molar-refractivity contribution is 0.442. The Bertz CT molecular complexity index is 502. The van der Waals surface area contributed by atoms with Crippen LogP contribution in [-0.4, -0.2) is 0 Å². The van der Waals surface area contributed by atoms with Crippen LogP contribution in [0.5, 0.6) is 11.5 Å². The number of para-hydroxylation sites is 1. The maximum absolute atomic E-state index is 13.5. The lowest BCUT2D eigenvalue weighted by atomic mass is 10.1. The molecule has 0 aliphatic heterocycles. The topological polar surface area (TPSA) is 9.23 Å². The number of hydrogen-bond acceptors (Lipinski definition) is 1. The zero-order valence-electron chi connectivity index (χ0n) is 10.1. The molecule has 0 saturated carbocycles. The maximum Gasteiger partial charge on any atom is 0.181 e. The summed E-state index contributed by atoms with van der Waals surface area (Å²) in [5.74, 6) is 0.199. The Morgan fingerprint density at radius 1 is 1.11 bits per heavy atom. The van der Waals surface area contributed by atoms with E-state index in [4.69, 9.17) is 16.3 Å². The highest BCUT2D eigenvalue weighted by molar-refractivity contribution is 6.32. The fourth-order valence-electron chi connectivity index (χ4n) is 1.71. The van der Waals surface area contributed by atoms with Gasteiger partial charge >= 0.3 is 0 Å². The van der Waals surface area contributed by atoms with E-state index < -0.39 is 5.82 Å². The molecule has 2 aromatic rings. The molecule has 18 heavy (non-hydrogen) atoms. The van der Waals surface area contributed by atoms with Gasteiger partial charge < -0.3 is 4.74 Å². The highest BCUT2D eigenvalue weighted by Crippen LogP contribution is 2.31. The molecule has 0 aromatic heterocycles. The zero-order valence-corrected chi connectivity index (χ0v) is 10.9. The quantitative estimate of drug-likeness (QED) is 0.735. The van der Waals surface area contributed by atoms with Crippen LogP contribution in [0.15, 0.2) is 42.5 Å². The summed E-state index contributed by atoms with van der Waals surface area (Å²) in [6.07, 6.45) is 2.13.